The zero-order chi connectivity index (χ0) is 17.0. The van der Waals surface area contributed by atoms with Crippen LogP contribution >= 0.6 is 0 Å². The van der Waals surface area contributed by atoms with Crippen LogP contribution in [0, 0.1) is 0 Å². The van der Waals surface area contributed by atoms with Crippen molar-refractivity contribution in [2.24, 2.45) is 0 Å². The van der Waals surface area contributed by atoms with Gasteiger partial charge in [0.15, 0.2) is 13.6 Å². The highest BCUT2D eigenvalue weighted by molar-refractivity contribution is 6.61. The standard InChI is InChI=1S/C16H21BN2O3/c1-15(2,3)19-16(4,5)14(21)22-12-7-6-10-18-11(12)8-9-13(17)20/h6-10,19H,1-5H3/b9-8+. The van der Waals surface area contributed by atoms with Crippen molar-refractivity contribution in [2.75, 3.05) is 0 Å². The quantitative estimate of drug-likeness (QED) is 0.511. The summed E-state index contributed by atoms with van der Waals surface area (Å²) in [6, 6.07) is 3.26. The van der Waals surface area contributed by atoms with E-state index in [-0.39, 0.29) is 11.3 Å². The fourth-order valence-corrected chi connectivity index (χ4v) is 1.99. The Morgan fingerprint density at radius 3 is 2.45 bits per heavy atom. The van der Waals surface area contributed by atoms with Crippen LogP contribution in [-0.4, -0.2) is 35.6 Å². The topological polar surface area (TPSA) is 68.3 Å². The second kappa shape index (κ2) is 6.88. The third-order valence-electron chi connectivity index (χ3n) is 2.61. The van der Waals surface area contributed by atoms with Crippen molar-refractivity contribution in [1.82, 2.24) is 10.3 Å². The molecule has 0 saturated heterocycles. The summed E-state index contributed by atoms with van der Waals surface area (Å²) in [4.78, 5) is 27.3. The van der Waals surface area contributed by atoms with E-state index in [9.17, 15) is 9.59 Å². The first-order valence-electron chi connectivity index (χ1n) is 6.95. The van der Waals surface area contributed by atoms with E-state index in [2.05, 4.69) is 10.3 Å². The third kappa shape index (κ3) is 5.81. The van der Waals surface area contributed by atoms with E-state index in [1.807, 2.05) is 20.8 Å². The molecule has 0 fully saturated rings. The van der Waals surface area contributed by atoms with Crippen LogP contribution in [0.2, 0.25) is 0 Å². The molecule has 1 aromatic rings. The summed E-state index contributed by atoms with van der Waals surface area (Å²) in [5.41, 5.74) is -1.36. The number of carbonyl (C=O) groups is 2. The predicted molar refractivity (Wildman–Crippen MR) is 86.6 cm³/mol. The highest BCUT2D eigenvalue weighted by Crippen LogP contribution is 2.20. The number of esters is 1. The Morgan fingerprint density at radius 1 is 1.27 bits per heavy atom. The fourth-order valence-electron chi connectivity index (χ4n) is 1.99. The van der Waals surface area contributed by atoms with E-state index in [4.69, 9.17) is 12.6 Å². The van der Waals surface area contributed by atoms with Gasteiger partial charge in [-0.25, -0.2) is 4.79 Å². The van der Waals surface area contributed by atoms with Gasteiger partial charge in [0.05, 0.1) is 5.68 Å². The first-order chi connectivity index (χ1) is 10.0. The van der Waals surface area contributed by atoms with Gasteiger partial charge in [0, 0.05) is 11.7 Å². The summed E-state index contributed by atoms with van der Waals surface area (Å²) in [6.45, 7) is 9.39. The number of ether oxygens (including phenoxy) is 1. The van der Waals surface area contributed by atoms with Gasteiger partial charge in [-0.2, -0.15) is 0 Å². The second-order valence-corrected chi connectivity index (χ2v) is 6.51. The monoisotopic (exact) mass is 300 g/mol. The maximum atomic E-state index is 12.4. The van der Waals surface area contributed by atoms with Gasteiger partial charge >= 0.3 is 5.97 Å². The number of hydrogen-bond donors (Lipinski definition) is 1. The molecule has 1 aromatic heterocycles. The Bertz CT molecular complexity index is 589. The molecule has 6 heteroatoms. The zero-order valence-corrected chi connectivity index (χ0v) is 13.6. The van der Waals surface area contributed by atoms with Crippen LogP contribution in [0.15, 0.2) is 24.4 Å². The molecule has 5 nitrogen and oxygen atoms in total. The largest absolute Gasteiger partial charge is 0.423 e. The number of carbonyl (C=O) groups excluding carboxylic acids is 2. The van der Waals surface area contributed by atoms with E-state index in [0.29, 0.717) is 5.69 Å². The molecule has 22 heavy (non-hydrogen) atoms. The van der Waals surface area contributed by atoms with Crippen LogP contribution in [0.1, 0.15) is 40.3 Å². The van der Waals surface area contributed by atoms with Crippen LogP contribution in [-0.2, 0) is 9.59 Å². The van der Waals surface area contributed by atoms with Gasteiger partial charge < -0.3 is 9.53 Å². The smallest absolute Gasteiger partial charge is 0.331 e. The summed E-state index contributed by atoms with van der Waals surface area (Å²) in [6.07, 6.45) is 4.11. The number of nitrogens with zero attached hydrogens (tertiary/aromatic N) is 1. The molecule has 0 unspecified atom stereocenters. The molecule has 0 aromatic carbocycles. The minimum atomic E-state index is -0.876. The van der Waals surface area contributed by atoms with E-state index in [1.54, 1.807) is 26.0 Å². The number of rotatable bonds is 5. The van der Waals surface area contributed by atoms with Crippen molar-refractivity contribution < 1.29 is 14.3 Å². The highest BCUT2D eigenvalue weighted by Gasteiger charge is 2.33. The summed E-state index contributed by atoms with van der Waals surface area (Å²) in [5, 5.41) is 3.20. The van der Waals surface area contributed by atoms with Gasteiger partial charge in [-0.05, 0) is 58.9 Å². The molecule has 2 radical (unpaired) electrons. The van der Waals surface area contributed by atoms with Gasteiger partial charge in [-0.3, -0.25) is 10.3 Å². The number of hydrogen-bond acceptors (Lipinski definition) is 5. The van der Waals surface area contributed by atoms with Gasteiger partial charge in [0.2, 0.25) is 0 Å². The Balaban J connectivity index is 2.95. The van der Waals surface area contributed by atoms with Crippen molar-refractivity contribution in [1.29, 1.82) is 0 Å². The molecule has 0 saturated carbocycles. The SMILES string of the molecule is [B]C(=O)/C=C/c1ncccc1OC(=O)C(C)(C)NC(C)(C)C. The van der Waals surface area contributed by atoms with Gasteiger partial charge in [-0.15, -0.1) is 0 Å². The average molecular weight is 300 g/mol. The first-order valence-corrected chi connectivity index (χ1v) is 6.95. The Kier molecular flexibility index (Phi) is 5.66. The molecule has 1 N–H and O–H groups in total. The normalized spacial score (nSPS) is 12.4. The Morgan fingerprint density at radius 2 is 1.91 bits per heavy atom. The van der Waals surface area contributed by atoms with Crippen LogP contribution in [0.5, 0.6) is 5.75 Å². The van der Waals surface area contributed by atoms with E-state index < -0.39 is 17.2 Å². The molecule has 0 amide bonds. The lowest BCUT2D eigenvalue weighted by Gasteiger charge is -2.32. The molecule has 1 rings (SSSR count). The number of allylic oxidation sites excluding steroid dienone is 1. The van der Waals surface area contributed by atoms with E-state index in [0.717, 1.165) is 6.08 Å². The molecule has 1 heterocycles. The fraction of sp³-hybridized carbons (Fsp3) is 0.438. The minimum absolute atomic E-state index is 0.244. The maximum absolute atomic E-state index is 12.4. The lowest BCUT2D eigenvalue weighted by Crippen LogP contribution is -2.56. The maximum Gasteiger partial charge on any atom is 0.331 e. The van der Waals surface area contributed by atoms with Crippen LogP contribution < -0.4 is 10.1 Å². The molecule has 0 spiro atoms. The first kappa shape index (κ1) is 18.1. The van der Waals surface area contributed by atoms with Crippen LogP contribution in [0.3, 0.4) is 0 Å². The molecule has 0 aliphatic rings. The summed E-state index contributed by atoms with van der Waals surface area (Å²) < 4.78 is 5.42. The molecule has 0 atom stereocenters. The van der Waals surface area contributed by atoms with Gasteiger partial charge in [-0.1, -0.05) is 0 Å². The molecular formula is C16H21BN2O3. The molecule has 0 bridgehead atoms. The third-order valence-corrected chi connectivity index (χ3v) is 2.61. The second-order valence-electron chi connectivity index (χ2n) is 6.51. The lowest BCUT2D eigenvalue weighted by atomic mass is 9.99. The number of aromatic nitrogens is 1. The van der Waals surface area contributed by atoms with Crippen LogP contribution in [0.4, 0.5) is 0 Å². The molecule has 0 aliphatic heterocycles. The summed E-state index contributed by atoms with van der Waals surface area (Å²) in [5.74, 6) is -0.169. The number of pyridine rings is 1. The Labute approximate surface area is 132 Å². The summed E-state index contributed by atoms with van der Waals surface area (Å²) in [7, 11) is 5.06. The van der Waals surface area contributed by atoms with Gasteiger partial charge in [0.1, 0.15) is 11.2 Å². The van der Waals surface area contributed by atoms with Crippen molar-refractivity contribution in [2.45, 2.75) is 45.7 Å². The van der Waals surface area contributed by atoms with Crippen LogP contribution in [0.25, 0.3) is 6.08 Å². The van der Waals surface area contributed by atoms with E-state index in [1.165, 1.54) is 12.3 Å². The number of nitrogens with one attached hydrogen (secondary N) is 1. The van der Waals surface area contributed by atoms with Crippen molar-refractivity contribution in [3.63, 3.8) is 0 Å². The van der Waals surface area contributed by atoms with Crippen molar-refractivity contribution in [3.8, 4) is 5.75 Å². The zero-order valence-electron chi connectivity index (χ0n) is 13.6. The predicted octanol–water partition coefficient (Wildman–Crippen LogP) is 1.86. The minimum Gasteiger partial charge on any atom is -0.423 e. The van der Waals surface area contributed by atoms with Crippen molar-refractivity contribution >= 4 is 25.6 Å². The average Bonchev–Trinajstić information content (AvgIpc) is 2.34. The van der Waals surface area contributed by atoms with E-state index >= 15 is 0 Å². The lowest BCUT2D eigenvalue weighted by molar-refractivity contribution is -0.141. The molecule has 116 valence electrons. The Hall–Kier alpha value is -1.95. The molecule has 0 aliphatic carbocycles. The van der Waals surface area contributed by atoms with Crippen molar-refractivity contribution in [3.05, 3.63) is 30.1 Å². The van der Waals surface area contributed by atoms with Gasteiger partial charge in [0.25, 0.3) is 0 Å². The molecular weight excluding hydrogens is 279 g/mol. The summed E-state index contributed by atoms with van der Waals surface area (Å²) >= 11 is 0. The highest BCUT2D eigenvalue weighted by atomic mass is 16.5.